The van der Waals surface area contributed by atoms with Gasteiger partial charge in [0.25, 0.3) is 0 Å². The highest BCUT2D eigenvalue weighted by Crippen LogP contribution is 2.28. The Hall–Kier alpha value is -1.66. The Morgan fingerprint density at radius 3 is 2.58 bits per heavy atom. The number of nitrogens with one attached hydrogen (secondary N) is 2. The minimum Gasteiger partial charge on any atom is -0.367 e. The van der Waals surface area contributed by atoms with Crippen LogP contribution in [-0.4, -0.2) is 70.1 Å². The van der Waals surface area contributed by atoms with Crippen LogP contribution in [0.4, 0.5) is 5.82 Å². The van der Waals surface area contributed by atoms with Crippen LogP contribution in [0.2, 0.25) is 0 Å². The SMILES string of the molecule is Cc1c[nH]c2ncnc(NC3CCC(N4CCN(C)CC4)CC3)c12. The highest BCUT2D eigenvalue weighted by atomic mass is 15.3. The zero-order chi connectivity index (χ0) is 16.5. The first-order chi connectivity index (χ1) is 11.7. The number of anilines is 1. The Morgan fingerprint density at radius 2 is 1.83 bits per heavy atom. The summed E-state index contributed by atoms with van der Waals surface area (Å²) in [6.45, 7) is 6.99. The number of hydrogen-bond acceptors (Lipinski definition) is 5. The van der Waals surface area contributed by atoms with Crippen molar-refractivity contribution in [2.75, 3.05) is 38.5 Å². The Morgan fingerprint density at radius 1 is 1.08 bits per heavy atom. The summed E-state index contributed by atoms with van der Waals surface area (Å²) >= 11 is 0. The van der Waals surface area contributed by atoms with E-state index in [0.717, 1.165) is 22.9 Å². The van der Waals surface area contributed by atoms with Gasteiger partial charge in [-0.1, -0.05) is 0 Å². The average Bonchev–Trinajstić information content (AvgIpc) is 2.99. The fourth-order valence-electron chi connectivity index (χ4n) is 4.19. The maximum Gasteiger partial charge on any atom is 0.143 e. The third-order valence-electron chi connectivity index (χ3n) is 5.76. The number of rotatable bonds is 3. The van der Waals surface area contributed by atoms with Crippen LogP contribution >= 0.6 is 0 Å². The highest BCUT2D eigenvalue weighted by Gasteiger charge is 2.28. The summed E-state index contributed by atoms with van der Waals surface area (Å²) in [6, 6.07) is 1.30. The number of likely N-dealkylation sites (N-methyl/N-ethyl adjacent to an activating group) is 1. The molecule has 2 aliphatic rings. The van der Waals surface area contributed by atoms with Gasteiger partial charge in [-0.05, 0) is 45.2 Å². The third kappa shape index (κ3) is 3.13. The van der Waals surface area contributed by atoms with E-state index in [1.54, 1.807) is 6.33 Å². The number of aryl methyl sites for hydroxylation is 1. The lowest BCUT2D eigenvalue weighted by Crippen LogP contribution is -2.50. The molecule has 0 atom stereocenters. The predicted octanol–water partition coefficient (Wildman–Crippen LogP) is 2.24. The molecule has 0 bridgehead atoms. The molecule has 0 unspecified atom stereocenters. The van der Waals surface area contributed by atoms with Crippen LogP contribution in [-0.2, 0) is 0 Å². The summed E-state index contributed by atoms with van der Waals surface area (Å²) in [6.07, 6.45) is 8.70. The van der Waals surface area contributed by atoms with E-state index in [4.69, 9.17) is 0 Å². The van der Waals surface area contributed by atoms with Crippen molar-refractivity contribution in [1.29, 1.82) is 0 Å². The van der Waals surface area contributed by atoms with Crippen molar-refractivity contribution in [3.05, 3.63) is 18.1 Å². The van der Waals surface area contributed by atoms with E-state index in [0.29, 0.717) is 6.04 Å². The summed E-state index contributed by atoms with van der Waals surface area (Å²) < 4.78 is 0. The van der Waals surface area contributed by atoms with E-state index in [9.17, 15) is 0 Å². The summed E-state index contributed by atoms with van der Waals surface area (Å²) in [4.78, 5) is 17.2. The van der Waals surface area contributed by atoms with Gasteiger partial charge in [0.15, 0.2) is 0 Å². The van der Waals surface area contributed by atoms with Crippen molar-refractivity contribution in [2.24, 2.45) is 0 Å². The average molecular weight is 328 g/mol. The van der Waals surface area contributed by atoms with Gasteiger partial charge in [-0.15, -0.1) is 0 Å². The molecule has 24 heavy (non-hydrogen) atoms. The second kappa shape index (κ2) is 6.69. The molecule has 1 saturated carbocycles. The Bertz CT molecular complexity index is 680. The second-order valence-corrected chi connectivity index (χ2v) is 7.41. The topological polar surface area (TPSA) is 60.1 Å². The largest absolute Gasteiger partial charge is 0.367 e. The zero-order valence-electron chi connectivity index (χ0n) is 14.8. The van der Waals surface area contributed by atoms with Gasteiger partial charge in [-0.25, -0.2) is 9.97 Å². The Kier molecular flexibility index (Phi) is 4.41. The molecule has 0 spiro atoms. The van der Waals surface area contributed by atoms with Gasteiger partial charge < -0.3 is 15.2 Å². The number of H-pyrrole nitrogens is 1. The summed E-state index contributed by atoms with van der Waals surface area (Å²) in [7, 11) is 2.23. The lowest BCUT2D eigenvalue weighted by molar-refractivity contribution is 0.0894. The van der Waals surface area contributed by atoms with Crippen LogP contribution in [0.1, 0.15) is 31.2 Å². The number of hydrogen-bond donors (Lipinski definition) is 2. The van der Waals surface area contributed by atoms with Crippen molar-refractivity contribution in [1.82, 2.24) is 24.8 Å². The number of fused-ring (bicyclic) bond motifs is 1. The van der Waals surface area contributed by atoms with Crippen molar-refractivity contribution >= 4 is 16.9 Å². The normalized spacial score (nSPS) is 26.8. The molecule has 0 aromatic carbocycles. The molecule has 1 aliphatic carbocycles. The summed E-state index contributed by atoms with van der Waals surface area (Å²) in [5, 5.41) is 4.82. The first kappa shape index (κ1) is 15.8. The molecule has 2 aromatic heterocycles. The molecule has 2 fully saturated rings. The molecular formula is C18H28N6. The highest BCUT2D eigenvalue weighted by molar-refractivity contribution is 5.90. The van der Waals surface area contributed by atoms with E-state index in [1.807, 2.05) is 6.20 Å². The molecule has 2 aromatic rings. The van der Waals surface area contributed by atoms with E-state index < -0.39 is 0 Å². The van der Waals surface area contributed by atoms with Crippen LogP contribution in [0.5, 0.6) is 0 Å². The van der Waals surface area contributed by atoms with Crippen molar-refractivity contribution in [3.63, 3.8) is 0 Å². The molecular weight excluding hydrogens is 300 g/mol. The maximum atomic E-state index is 4.49. The van der Waals surface area contributed by atoms with E-state index >= 15 is 0 Å². The molecule has 2 N–H and O–H groups in total. The van der Waals surface area contributed by atoms with Crippen LogP contribution in [0.25, 0.3) is 11.0 Å². The number of nitrogens with zero attached hydrogens (tertiary/aromatic N) is 4. The summed E-state index contributed by atoms with van der Waals surface area (Å²) in [5.41, 5.74) is 2.13. The Labute approximate surface area is 143 Å². The van der Waals surface area contributed by atoms with E-state index in [-0.39, 0.29) is 0 Å². The van der Waals surface area contributed by atoms with Gasteiger partial charge in [0, 0.05) is 44.5 Å². The maximum absolute atomic E-state index is 4.49. The van der Waals surface area contributed by atoms with E-state index in [1.165, 1.54) is 57.4 Å². The van der Waals surface area contributed by atoms with Crippen LogP contribution in [0.15, 0.2) is 12.5 Å². The number of piperazine rings is 1. The standard InChI is InChI=1S/C18H28N6/c1-13-11-19-17-16(13)18(21-12-20-17)22-14-3-5-15(6-4-14)24-9-7-23(2)8-10-24/h11-12,14-15H,3-10H2,1-2H3,(H2,19,20,21,22). The molecule has 3 heterocycles. The fraction of sp³-hybridized carbons (Fsp3) is 0.667. The van der Waals surface area contributed by atoms with Gasteiger partial charge in [0.2, 0.25) is 0 Å². The number of aromatic nitrogens is 3. The molecule has 6 heteroatoms. The lowest BCUT2D eigenvalue weighted by atomic mass is 9.89. The minimum absolute atomic E-state index is 0.529. The van der Waals surface area contributed by atoms with Crippen LogP contribution in [0.3, 0.4) is 0 Å². The lowest BCUT2D eigenvalue weighted by Gasteiger charge is -2.41. The number of aromatic amines is 1. The van der Waals surface area contributed by atoms with Crippen molar-refractivity contribution in [3.8, 4) is 0 Å². The van der Waals surface area contributed by atoms with Gasteiger partial charge in [0.05, 0.1) is 5.39 Å². The second-order valence-electron chi connectivity index (χ2n) is 7.41. The van der Waals surface area contributed by atoms with Crippen LogP contribution in [0, 0.1) is 6.92 Å². The monoisotopic (exact) mass is 328 g/mol. The molecule has 0 amide bonds. The zero-order valence-corrected chi connectivity index (χ0v) is 14.8. The summed E-state index contributed by atoms with van der Waals surface area (Å²) in [5.74, 6) is 0.988. The van der Waals surface area contributed by atoms with E-state index in [2.05, 4.69) is 44.0 Å². The Balaban J connectivity index is 1.37. The third-order valence-corrected chi connectivity index (χ3v) is 5.76. The van der Waals surface area contributed by atoms with Crippen molar-refractivity contribution < 1.29 is 0 Å². The molecule has 0 radical (unpaired) electrons. The molecule has 1 saturated heterocycles. The van der Waals surface area contributed by atoms with Crippen molar-refractivity contribution in [2.45, 2.75) is 44.7 Å². The van der Waals surface area contributed by atoms with Crippen LogP contribution < -0.4 is 5.32 Å². The van der Waals surface area contributed by atoms with Gasteiger partial charge in [-0.2, -0.15) is 0 Å². The smallest absolute Gasteiger partial charge is 0.143 e. The molecule has 130 valence electrons. The molecule has 1 aliphatic heterocycles. The van der Waals surface area contributed by atoms with Gasteiger partial charge >= 0.3 is 0 Å². The quantitative estimate of drug-likeness (QED) is 0.905. The fourth-order valence-corrected chi connectivity index (χ4v) is 4.19. The first-order valence-electron chi connectivity index (χ1n) is 9.18. The molecule has 6 nitrogen and oxygen atoms in total. The van der Waals surface area contributed by atoms with Gasteiger partial charge in [-0.3, -0.25) is 4.90 Å². The predicted molar refractivity (Wildman–Crippen MR) is 97.4 cm³/mol. The van der Waals surface area contributed by atoms with Gasteiger partial charge in [0.1, 0.15) is 17.8 Å². The minimum atomic E-state index is 0.529. The molecule has 4 rings (SSSR count). The first-order valence-corrected chi connectivity index (χ1v) is 9.18.